The first-order valence-corrected chi connectivity index (χ1v) is 8.20. The molecule has 2 aromatic rings. The van der Waals surface area contributed by atoms with E-state index in [0.29, 0.717) is 5.56 Å². The smallest absolute Gasteiger partial charge is 0.240 e. The molecule has 0 bridgehead atoms. The summed E-state index contributed by atoms with van der Waals surface area (Å²) < 4.78 is 27.1. The summed E-state index contributed by atoms with van der Waals surface area (Å²) >= 11 is 2.16. The number of carbonyl (C=O) groups is 2. The quantitative estimate of drug-likeness (QED) is 0.672. The fourth-order valence-corrected chi connectivity index (χ4v) is 2.52. The highest BCUT2D eigenvalue weighted by Gasteiger charge is 2.19. The SMILES string of the molecule is NC(=O)[C@@H](Cc1ccc(I)cc1)NC(=O)Cc1ccc(F)c(F)c1. The van der Waals surface area contributed by atoms with Gasteiger partial charge in [-0.25, -0.2) is 8.78 Å². The molecule has 2 rings (SSSR count). The summed E-state index contributed by atoms with van der Waals surface area (Å²) in [6.45, 7) is 0. The minimum atomic E-state index is -1.02. The Balaban J connectivity index is 2.01. The minimum Gasteiger partial charge on any atom is -0.368 e. The molecule has 0 heterocycles. The van der Waals surface area contributed by atoms with Gasteiger partial charge < -0.3 is 11.1 Å². The summed E-state index contributed by atoms with van der Waals surface area (Å²) in [6, 6.07) is 9.81. The molecular weight excluding hydrogens is 429 g/mol. The van der Waals surface area contributed by atoms with E-state index in [9.17, 15) is 18.4 Å². The van der Waals surface area contributed by atoms with Crippen LogP contribution >= 0.6 is 22.6 Å². The maximum Gasteiger partial charge on any atom is 0.240 e. The first kappa shape index (κ1) is 18.3. The van der Waals surface area contributed by atoms with Crippen LogP contribution < -0.4 is 11.1 Å². The zero-order chi connectivity index (χ0) is 17.7. The van der Waals surface area contributed by atoms with Crippen LogP contribution in [0.25, 0.3) is 0 Å². The molecule has 24 heavy (non-hydrogen) atoms. The van der Waals surface area contributed by atoms with Crippen LogP contribution in [-0.2, 0) is 22.4 Å². The van der Waals surface area contributed by atoms with Crippen LogP contribution in [0.4, 0.5) is 8.78 Å². The number of primary amides is 1. The van der Waals surface area contributed by atoms with Gasteiger partial charge in [-0.2, -0.15) is 0 Å². The maximum absolute atomic E-state index is 13.2. The van der Waals surface area contributed by atoms with E-state index >= 15 is 0 Å². The number of nitrogens with two attached hydrogens (primary N) is 1. The van der Waals surface area contributed by atoms with E-state index in [0.717, 1.165) is 21.3 Å². The number of benzene rings is 2. The maximum atomic E-state index is 13.2. The predicted octanol–water partition coefficient (Wildman–Crippen LogP) is 2.32. The van der Waals surface area contributed by atoms with E-state index in [1.807, 2.05) is 24.3 Å². The molecule has 0 unspecified atom stereocenters. The molecule has 0 aliphatic rings. The molecule has 7 heteroatoms. The third-order valence-corrected chi connectivity index (χ3v) is 4.10. The summed E-state index contributed by atoms with van der Waals surface area (Å²) in [4.78, 5) is 23.6. The van der Waals surface area contributed by atoms with Gasteiger partial charge in [0.2, 0.25) is 11.8 Å². The highest BCUT2D eigenvalue weighted by atomic mass is 127. The Hall–Kier alpha value is -2.03. The topological polar surface area (TPSA) is 72.2 Å². The van der Waals surface area contributed by atoms with E-state index < -0.39 is 29.5 Å². The van der Waals surface area contributed by atoms with Gasteiger partial charge in [0.25, 0.3) is 0 Å². The third-order valence-electron chi connectivity index (χ3n) is 3.38. The van der Waals surface area contributed by atoms with Gasteiger partial charge in [0.05, 0.1) is 6.42 Å². The molecule has 3 N–H and O–H groups in total. The molecule has 0 aliphatic heterocycles. The number of carbonyl (C=O) groups excluding carboxylic acids is 2. The van der Waals surface area contributed by atoms with Crippen LogP contribution in [0.5, 0.6) is 0 Å². The van der Waals surface area contributed by atoms with Gasteiger partial charge >= 0.3 is 0 Å². The largest absolute Gasteiger partial charge is 0.368 e. The lowest BCUT2D eigenvalue weighted by molar-refractivity contribution is -0.127. The molecule has 0 fully saturated rings. The number of halogens is 3. The lowest BCUT2D eigenvalue weighted by Gasteiger charge is -2.16. The normalized spacial score (nSPS) is 11.8. The molecule has 0 saturated heterocycles. The van der Waals surface area contributed by atoms with Crippen LogP contribution in [0.2, 0.25) is 0 Å². The molecule has 1 atom stereocenters. The molecule has 126 valence electrons. The van der Waals surface area contributed by atoms with Crippen molar-refractivity contribution in [3.63, 3.8) is 0 Å². The van der Waals surface area contributed by atoms with Gasteiger partial charge in [0.15, 0.2) is 11.6 Å². The van der Waals surface area contributed by atoms with Crippen molar-refractivity contribution >= 4 is 34.4 Å². The van der Waals surface area contributed by atoms with Crippen LogP contribution in [0.1, 0.15) is 11.1 Å². The highest BCUT2D eigenvalue weighted by Crippen LogP contribution is 2.11. The fraction of sp³-hybridized carbons (Fsp3) is 0.176. The molecule has 2 amide bonds. The molecule has 0 aliphatic carbocycles. The van der Waals surface area contributed by atoms with Crippen molar-refractivity contribution in [2.75, 3.05) is 0 Å². The molecule has 0 radical (unpaired) electrons. The zero-order valence-electron chi connectivity index (χ0n) is 12.6. The van der Waals surface area contributed by atoms with E-state index in [1.54, 1.807) is 0 Å². The van der Waals surface area contributed by atoms with Crippen molar-refractivity contribution in [3.05, 3.63) is 68.8 Å². The standard InChI is InChI=1S/C17H15F2IN2O2/c18-13-6-3-11(7-14(13)19)9-16(23)22-15(17(21)24)8-10-1-4-12(20)5-2-10/h1-7,15H,8-9H2,(H2,21,24)(H,22,23)/t15-/m1/s1. The van der Waals surface area contributed by atoms with E-state index in [1.165, 1.54) is 6.07 Å². The molecule has 0 spiro atoms. The van der Waals surface area contributed by atoms with Gasteiger partial charge in [-0.3, -0.25) is 9.59 Å². The van der Waals surface area contributed by atoms with Crippen LogP contribution in [0, 0.1) is 15.2 Å². The van der Waals surface area contributed by atoms with E-state index in [2.05, 4.69) is 27.9 Å². The lowest BCUT2D eigenvalue weighted by atomic mass is 10.0. The second kappa shape index (κ2) is 8.18. The second-order valence-electron chi connectivity index (χ2n) is 5.28. The number of rotatable bonds is 6. The molecule has 0 saturated carbocycles. The molecule has 4 nitrogen and oxygen atoms in total. The average Bonchev–Trinajstić information content (AvgIpc) is 2.52. The van der Waals surface area contributed by atoms with Gasteiger partial charge in [0.1, 0.15) is 6.04 Å². The first-order chi connectivity index (χ1) is 11.3. The Kier molecular flexibility index (Phi) is 6.24. The molecular formula is C17H15F2IN2O2. The molecule has 0 aromatic heterocycles. The van der Waals surface area contributed by atoms with E-state index in [-0.39, 0.29) is 12.8 Å². The number of hydrogen-bond donors (Lipinski definition) is 2. The van der Waals surface area contributed by atoms with Gasteiger partial charge in [0, 0.05) is 9.99 Å². The van der Waals surface area contributed by atoms with Crippen molar-refractivity contribution in [1.82, 2.24) is 5.32 Å². The van der Waals surface area contributed by atoms with Crippen molar-refractivity contribution in [1.29, 1.82) is 0 Å². The Morgan fingerprint density at radius 3 is 2.25 bits per heavy atom. The monoisotopic (exact) mass is 444 g/mol. The van der Waals surface area contributed by atoms with Crippen molar-refractivity contribution in [3.8, 4) is 0 Å². The lowest BCUT2D eigenvalue weighted by Crippen LogP contribution is -2.46. The number of nitrogens with one attached hydrogen (secondary N) is 1. The minimum absolute atomic E-state index is 0.173. The zero-order valence-corrected chi connectivity index (χ0v) is 14.7. The summed E-state index contributed by atoms with van der Waals surface area (Å²) in [6.07, 6.45) is 0.0867. The number of amides is 2. The Morgan fingerprint density at radius 1 is 1.04 bits per heavy atom. The first-order valence-electron chi connectivity index (χ1n) is 7.12. The van der Waals surface area contributed by atoms with Gasteiger partial charge in [-0.15, -0.1) is 0 Å². The van der Waals surface area contributed by atoms with Gasteiger partial charge in [-0.1, -0.05) is 18.2 Å². The van der Waals surface area contributed by atoms with E-state index in [4.69, 9.17) is 5.73 Å². The van der Waals surface area contributed by atoms with Crippen molar-refractivity contribution < 1.29 is 18.4 Å². The fourth-order valence-electron chi connectivity index (χ4n) is 2.16. The van der Waals surface area contributed by atoms with Crippen molar-refractivity contribution in [2.24, 2.45) is 5.73 Å². The summed E-state index contributed by atoms with van der Waals surface area (Å²) in [7, 11) is 0. The van der Waals surface area contributed by atoms with Crippen LogP contribution in [0.3, 0.4) is 0 Å². The Bertz CT molecular complexity index is 751. The Labute approximate surface area is 151 Å². The Morgan fingerprint density at radius 2 is 1.67 bits per heavy atom. The molecule has 2 aromatic carbocycles. The summed E-state index contributed by atoms with van der Waals surface area (Å²) in [5.41, 5.74) is 6.50. The van der Waals surface area contributed by atoms with Crippen LogP contribution in [0.15, 0.2) is 42.5 Å². The average molecular weight is 444 g/mol. The van der Waals surface area contributed by atoms with Gasteiger partial charge in [-0.05, 0) is 58.0 Å². The third kappa shape index (κ3) is 5.26. The summed E-state index contributed by atoms with van der Waals surface area (Å²) in [5, 5.41) is 2.53. The van der Waals surface area contributed by atoms with Crippen molar-refractivity contribution in [2.45, 2.75) is 18.9 Å². The second-order valence-corrected chi connectivity index (χ2v) is 6.52. The van der Waals surface area contributed by atoms with Crippen LogP contribution in [-0.4, -0.2) is 17.9 Å². The highest BCUT2D eigenvalue weighted by molar-refractivity contribution is 14.1. The predicted molar refractivity (Wildman–Crippen MR) is 94.1 cm³/mol. The summed E-state index contributed by atoms with van der Waals surface area (Å²) in [5.74, 6) is -3.15. The number of hydrogen-bond acceptors (Lipinski definition) is 2.